The Morgan fingerprint density at radius 1 is 1.20 bits per heavy atom. The Labute approximate surface area is 176 Å². The molecule has 10 heteroatoms. The summed E-state index contributed by atoms with van der Waals surface area (Å²) >= 11 is 0. The van der Waals surface area contributed by atoms with E-state index >= 15 is 0 Å². The summed E-state index contributed by atoms with van der Waals surface area (Å²) in [6.45, 7) is 3.86. The van der Waals surface area contributed by atoms with Crippen molar-refractivity contribution in [3.05, 3.63) is 35.2 Å². The summed E-state index contributed by atoms with van der Waals surface area (Å²) < 4.78 is 42.7. The third kappa shape index (κ3) is 4.59. The molecule has 30 heavy (non-hydrogen) atoms. The van der Waals surface area contributed by atoms with Crippen LogP contribution in [0.5, 0.6) is 11.5 Å². The van der Waals surface area contributed by atoms with Gasteiger partial charge < -0.3 is 19.3 Å². The van der Waals surface area contributed by atoms with Gasteiger partial charge in [0.25, 0.3) is 0 Å². The van der Waals surface area contributed by atoms with Crippen molar-refractivity contribution in [3.8, 4) is 11.5 Å². The van der Waals surface area contributed by atoms with E-state index in [1.807, 2.05) is 6.07 Å². The van der Waals surface area contributed by atoms with Crippen molar-refractivity contribution in [2.24, 2.45) is 0 Å². The van der Waals surface area contributed by atoms with Gasteiger partial charge in [-0.2, -0.15) is 4.31 Å². The number of aryl methyl sites for hydroxylation is 2. The van der Waals surface area contributed by atoms with Gasteiger partial charge in [-0.25, -0.2) is 8.42 Å². The zero-order chi connectivity index (χ0) is 21.9. The molecule has 0 spiro atoms. The van der Waals surface area contributed by atoms with Gasteiger partial charge in [0.1, 0.15) is 10.6 Å². The van der Waals surface area contributed by atoms with Gasteiger partial charge in [0.15, 0.2) is 17.3 Å². The van der Waals surface area contributed by atoms with E-state index in [0.717, 1.165) is 5.56 Å². The highest BCUT2D eigenvalue weighted by molar-refractivity contribution is 7.89. The lowest BCUT2D eigenvalue weighted by atomic mass is 10.1. The highest BCUT2D eigenvalue weighted by atomic mass is 32.2. The van der Waals surface area contributed by atoms with E-state index in [0.29, 0.717) is 43.1 Å². The monoisotopic (exact) mass is 437 g/mol. The van der Waals surface area contributed by atoms with Crippen LogP contribution >= 0.6 is 0 Å². The van der Waals surface area contributed by atoms with Crippen LogP contribution in [0.1, 0.15) is 29.9 Å². The zero-order valence-electron chi connectivity index (χ0n) is 17.6. The summed E-state index contributed by atoms with van der Waals surface area (Å²) in [5, 5.41) is 6.74. The van der Waals surface area contributed by atoms with Crippen molar-refractivity contribution in [1.29, 1.82) is 0 Å². The number of methoxy groups -OCH3 is 2. The van der Waals surface area contributed by atoms with Crippen LogP contribution < -0.4 is 14.8 Å². The number of hydrogen-bond acceptors (Lipinski definition) is 7. The van der Waals surface area contributed by atoms with E-state index in [9.17, 15) is 13.2 Å². The van der Waals surface area contributed by atoms with E-state index in [-0.39, 0.29) is 29.0 Å². The third-order valence-electron chi connectivity index (χ3n) is 5.20. The Kier molecular flexibility index (Phi) is 6.67. The van der Waals surface area contributed by atoms with E-state index in [1.54, 1.807) is 40.2 Å². The molecular weight excluding hydrogens is 410 g/mol. The van der Waals surface area contributed by atoms with Gasteiger partial charge in [0.2, 0.25) is 15.9 Å². The smallest absolute Gasteiger partial charge is 0.248 e. The molecule has 0 saturated carbocycles. The molecule has 0 aliphatic carbocycles. The van der Waals surface area contributed by atoms with E-state index in [2.05, 4.69) is 10.5 Å². The van der Waals surface area contributed by atoms with Gasteiger partial charge in [-0.3, -0.25) is 4.79 Å². The first-order valence-corrected chi connectivity index (χ1v) is 11.1. The number of nitrogens with zero attached hydrogens (tertiary/aromatic N) is 2. The maximum Gasteiger partial charge on any atom is 0.248 e. The Balaban J connectivity index is 1.56. The molecule has 1 saturated heterocycles. The molecule has 0 unspecified atom stereocenters. The fraction of sp³-hybridized carbons (Fsp3) is 0.500. The summed E-state index contributed by atoms with van der Waals surface area (Å²) in [7, 11) is -0.550. The molecular formula is C20H27N3O6S. The molecule has 1 amide bonds. The molecule has 1 aromatic heterocycles. The van der Waals surface area contributed by atoms with Crippen molar-refractivity contribution < 1.29 is 27.2 Å². The van der Waals surface area contributed by atoms with Crippen LogP contribution in [0, 0.1) is 13.8 Å². The first kappa shape index (κ1) is 22.1. The van der Waals surface area contributed by atoms with Crippen LogP contribution in [-0.2, 0) is 21.2 Å². The molecule has 1 fully saturated rings. The second-order valence-electron chi connectivity index (χ2n) is 7.27. The number of carbonyl (C=O) groups excluding carboxylic acids is 1. The van der Waals surface area contributed by atoms with Crippen molar-refractivity contribution in [1.82, 2.24) is 14.8 Å². The maximum absolute atomic E-state index is 12.9. The summed E-state index contributed by atoms with van der Waals surface area (Å²) in [6.07, 6.45) is 1.29. The quantitative estimate of drug-likeness (QED) is 0.703. The molecule has 0 atom stereocenters. The molecule has 2 heterocycles. The number of sulfonamides is 1. The Morgan fingerprint density at radius 3 is 2.43 bits per heavy atom. The Morgan fingerprint density at radius 2 is 1.87 bits per heavy atom. The summed E-state index contributed by atoms with van der Waals surface area (Å²) in [4.78, 5) is 12.6. The number of nitrogens with one attached hydrogen (secondary N) is 1. The minimum atomic E-state index is -3.66. The van der Waals surface area contributed by atoms with Gasteiger partial charge in [-0.05, 0) is 44.4 Å². The van der Waals surface area contributed by atoms with Crippen LogP contribution in [0.15, 0.2) is 27.6 Å². The van der Waals surface area contributed by atoms with Gasteiger partial charge >= 0.3 is 0 Å². The SMILES string of the molecule is COc1ccc(CC(=O)NC2CCN(S(=O)(=O)c3c(C)noc3C)CC2)cc1OC. The number of rotatable bonds is 7. The lowest BCUT2D eigenvalue weighted by Gasteiger charge is -2.31. The van der Waals surface area contributed by atoms with Gasteiger partial charge in [0.05, 0.1) is 20.6 Å². The van der Waals surface area contributed by atoms with Crippen molar-refractivity contribution in [2.45, 2.75) is 44.0 Å². The van der Waals surface area contributed by atoms with Gasteiger partial charge in [-0.15, -0.1) is 0 Å². The predicted octanol–water partition coefficient (Wildman–Crippen LogP) is 1.82. The summed E-state index contributed by atoms with van der Waals surface area (Å²) in [5.74, 6) is 1.35. The normalized spacial score (nSPS) is 15.7. The lowest BCUT2D eigenvalue weighted by molar-refractivity contribution is -0.121. The number of piperidine rings is 1. The number of amides is 1. The summed E-state index contributed by atoms with van der Waals surface area (Å²) in [5.41, 5.74) is 1.17. The second kappa shape index (κ2) is 9.05. The van der Waals surface area contributed by atoms with E-state index in [1.165, 1.54) is 4.31 Å². The topological polar surface area (TPSA) is 111 Å². The van der Waals surface area contributed by atoms with E-state index < -0.39 is 10.0 Å². The van der Waals surface area contributed by atoms with Crippen LogP contribution in [-0.4, -0.2) is 57.1 Å². The number of ether oxygens (including phenoxy) is 2. The van der Waals surface area contributed by atoms with Gasteiger partial charge in [0, 0.05) is 19.1 Å². The predicted molar refractivity (Wildman–Crippen MR) is 109 cm³/mol. The minimum absolute atomic E-state index is 0.0752. The molecule has 1 aliphatic rings. The average molecular weight is 438 g/mol. The molecule has 1 aromatic carbocycles. The van der Waals surface area contributed by atoms with Crippen LogP contribution in [0.4, 0.5) is 0 Å². The van der Waals surface area contributed by atoms with Crippen molar-refractivity contribution in [2.75, 3.05) is 27.3 Å². The molecule has 2 aromatic rings. The van der Waals surface area contributed by atoms with Crippen molar-refractivity contribution in [3.63, 3.8) is 0 Å². The van der Waals surface area contributed by atoms with Crippen molar-refractivity contribution >= 4 is 15.9 Å². The molecule has 3 rings (SSSR count). The molecule has 0 radical (unpaired) electrons. The average Bonchev–Trinajstić information content (AvgIpc) is 3.07. The molecule has 1 aliphatic heterocycles. The zero-order valence-corrected chi connectivity index (χ0v) is 18.4. The molecule has 0 bridgehead atoms. The minimum Gasteiger partial charge on any atom is -0.493 e. The molecule has 1 N–H and O–H groups in total. The number of benzene rings is 1. The molecule has 164 valence electrons. The fourth-order valence-electron chi connectivity index (χ4n) is 3.67. The third-order valence-corrected chi connectivity index (χ3v) is 7.34. The largest absolute Gasteiger partial charge is 0.493 e. The fourth-order valence-corrected chi connectivity index (χ4v) is 5.43. The van der Waals surface area contributed by atoms with Crippen LogP contribution in [0.3, 0.4) is 0 Å². The number of aromatic nitrogens is 1. The first-order chi connectivity index (χ1) is 14.3. The lowest BCUT2D eigenvalue weighted by Crippen LogP contribution is -2.46. The summed E-state index contributed by atoms with van der Waals surface area (Å²) in [6, 6.07) is 5.28. The van der Waals surface area contributed by atoms with Gasteiger partial charge in [-0.1, -0.05) is 11.2 Å². The number of hydrogen-bond donors (Lipinski definition) is 1. The number of carbonyl (C=O) groups is 1. The highest BCUT2D eigenvalue weighted by Gasteiger charge is 2.34. The standard InChI is InChI=1S/C20H27N3O6S/c1-13-20(14(2)29-22-13)30(25,26)23-9-7-16(8-10-23)21-19(24)12-15-5-6-17(27-3)18(11-15)28-4/h5-6,11,16H,7-10,12H2,1-4H3,(H,21,24). The van der Waals surface area contributed by atoms with Crippen LogP contribution in [0.25, 0.3) is 0 Å². The van der Waals surface area contributed by atoms with Crippen LogP contribution in [0.2, 0.25) is 0 Å². The first-order valence-electron chi connectivity index (χ1n) is 9.69. The highest BCUT2D eigenvalue weighted by Crippen LogP contribution is 2.28. The Hall–Kier alpha value is -2.59. The second-order valence-corrected chi connectivity index (χ2v) is 9.14. The molecule has 9 nitrogen and oxygen atoms in total. The van der Waals surface area contributed by atoms with E-state index in [4.69, 9.17) is 14.0 Å². The maximum atomic E-state index is 12.9. The Bertz CT molecular complexity index is 990.